The maximum Gasteiger partial charge on any atom is 0.409 e. The third-order valence-electron chi connectivity index (χ3n) is 4.64. The molecule has 3 rings (SSSR count). The Morgan fingerprint density at radius 1 is 1.48 bits per heavy atom. The highest BCUT2D eigenvalue weighted by atomic mass is 32.1. The van der Waals surface area contributed by atoms with Crippen molar-refractivity contribution in [3.8, 4) is 6.07 Å². The van der Waals surface area contributed by atoms with Crippen molar-refractivity contribution < 1.29 is 14.3 Å². The highest BCUT2D eigenvalue weighted by Crippen LogP contribution is 2.39. The number of nitriles is 1. The fourth-order valence-corrected chi connectivity index (χ4v) is 4.44. The molecule has 2 aromatic rings. The monoisotopic (exact) mass is 410 g/mol. The molecule has 29 heavy (non-hydrogen) atoms. The number of hydrogen-bond donors (Lipinski definition) is 1. The second kappa shape index (κ2) is 9.34. The van der Waals surface area contributed by atoms with E-state index >= 15 is 0 Å². The van der Waals surface area contributed by atoms with E-state index in [1.165, 1.54) is 22.3 Å². The number of anilines is 1. The first-order valence-electron chi connectivity index (χ1n) is 9.25. The van der Waals surface area contributed by atoms with Crippen molar-refractivity contribution >= 4 is 34.4 Å². The molecule has 0 bridgehead atoms. The number of carbonyl (C=O) groups is 2. The van der Waals surface area contributed by atoms with Crippen LogP contribution in [-0.4, -0.2) is 42.6 Å². The van der Waals surface area contributed by atoms with Crippen molar-refractivity contribution in [1.29, 1.82) is 5.26 Å². The zero-order valence-electron chi connectivity index (χ0n) is 16.3. The second-order valence-electron chi connectivity index (χ2n) is 7.01. The Morgan fingerprint density at radius 3 is 3.00 bits per heavy atom. The number of carbonyl (C=O) groups excluding carboxylic acids is 2. The molecule has 7 nitrogen and oxygen atoms in total. The van der Waals surface area contributed by atoms with Gasteiger partial charge in [-0.05, 0) is 48.4 Å². The predicted octanol–water partition coefficient (Wildman–Crippen LogP) is 3.47. The van der Waals surface area contributed by atoms with Crippen molar-refractivity contribution in [3.05, 3.63) is 52.2 Å². The van der Waals surface area contributed by atoms with Gasteiger partial charge in [0.1, 0.15) is 11.1 Å². The number of amides is 2. The summed E-state index contributed by atoms with van der Waals surface area (Å²) < 4.78 is 5.30. The van der Waals surface area contributed by atoms with Crippen LogP contribution in [0.2, 0.25) is 0 Å². The van der Waals surface area contributed by atoms with Gasteiger partial charge >= 0.3 is 6.09 Å². The number of aromatic nitrogens is 1. The van der Waals surface area contributed by atoms with Crippen LogP contribution < -0.4 is 5.32 Å². The van der Waals surface area contributed by atoms with Crippen LogP contribution in [-0.2, 0) is 22.4 Å². The molecule has 1 aliphatic rings. The van der Waals surface area contributed by atoms with Crippen LogP contribution in [0.25, 0.3) is 6.08 Å². The lowest BCUT2D eigenvalue weighted by Crippen LogP contribution is -2.27. The quantitative estimate of drug-likeness (QED) is 0.762. The first-order chi connectivity index (χ1) is 14.0. The Balaban J connectivity index is 1.66. The third kappa shape index (κ3) is 5.21. The molecule has 0 unspecified atom stereocenters. The molecule has 150 valence electrons. The third-order valence-corrected chi connectivity index (χ3v) is 5.80. The second-order valence-corrected chi connectivity index (χ2v) is 8.11. The van der Waals surface area contributed by atoms with Crippen molar-refractivity contribution in [1.82, 2.24) is 9.88 Å². The number of thiophene rings is 1. The van der Waals surface area contributed by atoms with Crippen LogP contribution in [0.1, 0.15) is 28.0 Å². The largest absolute Gasteiger partial charge is 0.449 e. The molecule has 0 aliphatic heterocycles. The number of rotatable bonds is 5. The van der Waals surface area contributed by atoms with Gasteiger partial charge in [-0.1, -0.05) is 6.07 Å². The Kier molecular flexibility index (Phi) is 6.62. The van der Waals surface area contributed by atoms with Gasteiger partial charge < -0.3 is 15.0 Å². The van der Waals surface area contributed by atoms with E-state index in [4.69, 9.17) is 4.74 Å². The summed E-state index contributed by atoms with van der Waals surface area (Å²) in [5.74, 6) is -0.0777. The lowest BCUT2D eigenvalue weighted by atomic mass is 9.88. The van der Waals surface area contributed by atoms with Crippen LogP contribution in [0.3, 0.4) is 0 Å². The van der Waals surface area contributed by atoms with Gasteiger partial charge in [-0.15, -0.1) is 11.3 Å². The molecule has 8 heteroatoms. The molecule has 2 amide bonds. The van der Waals surface area contributed by atoms with Crippen LogP contribution in [0.5, 0.6) is 0 Å². The molecular weight excluding hydrogens is 388 g/mol. The number of hydrogen-bond acceptors (Lipinski definition) is 6. The Hall–Kier alpha value is -3.18. The summed E-state index contributed by atoms with van der Waals surface area (Å²) in [5, 5.41) is 13.0. The minimum Gasteiger partial charge on any atom is -0.449 e. The van der Waals surface area contributed by atoms with E-state index in [1.54, 1.807) is 38.6 Å². The number of nitrogens with one attached hydrogen (secondary N) is 1. The molecule has 2 heterocycles. The standard InChI is InChI=1S/C21H22N4O3S/c1-25(2)21(27)28-13-15-5-7-16-17(11-22)20(29-18(16)10-15)24-19(26)8-6-14-4-3-9-23-12-14/h3-4,6,8-9,12,15H,5,7,10,13H2,1-2H3,(H,24,26)/b8-6+/t15-/m1/s1. The predicted molar refractivity (Wildman–Crippen MR) is 111 cm³/mol. The SMILES string of the molecule is CN(C)C(=O)OC[C@@H]1CCc2c(sc(NC(=O)/C=C/c3cccnc3)c2C#N)C1. The van der Waals surface area contributed by atoms with Gasteiger partial charge in [0.2, 0.25) is 5.91 Å². The molecule has 0 saturated carbocycles. The van der Waals surface area contributed by atoms with Crippen molar-refractivity contribution in [3.63, 3.8) is 0 Å². The average Bonchev–Trinajstić information content (AvgIpc) is 3.07. The zero-order valence-corrected chi connectivity index (χ0v) is 17.2. The summed E-state index contributed by atoms with van der Waals surface area (Å²) in [6, 6.07) is 5.88. The Bertz CT molecular complexity index is 960. The van der Waals surface area contributed by atoms with Gasteiger partial charge in [0.25, 0.3) is 0 Å². The van der Waals surface area contributed by atoms with E-state index in [0.717, 1.165) is 35.3 Å². The number of pyridine rings is 1. The highest BCUT2D eigenvalue weighted by molar-refractivity contribution is 7.16. The molecule has 0 aromatic carbocycles. The Morgan fingerprint density at radius 2 is 2.31 bits per heavy atom. The van der Waals surface area contributed by atoms with E-state index in [9.17, 15) is 14.9 Å². The normalized spacial score (nSPS) is 15.4. The van der Waals surface area contributed by atoms with E-state index < -0.39 is 0 Å². The summed E-state index contributed by atoms with van der Waals surface area (Å²) >= 11 is 1.43. The number of nitrogens with zero attached hydrogens (tertiary/aromatic N) is 3. The summed E-state index contributed by atoms with van der Waals surface area (Å²) in [6.07, 6.45) is 8.40. The fraction of sp³-hybridized carbons (Fsp3) is 0.333. The van der Waals surface area contributed by atoms with Gasteiger partial charge in [-0.3, -0.25) is 9.78 Å². The molecule has 0 spiro atoms. The topological polar surface area (TPSA) is 95.3 Å². The van der Waals surface area contributed by atoms with Gasteiger partial charge in [-0.2, -0.15) is 5.26 Å². The molecule has 1 aliphatic carbocycles. The summed E-state index contributed by atoms with van der Waals surface area (Å²) in [5.41, 5.74) is 2.36. The maximum atomic E-state index is 12.3. The van der Waals surface area contributed by atoms with Crippen LogP contribution in [0, 0.1) is 17.2 Å². The first-order valence-corrected chi connectivity index (χ1v) is 10.1. The summed E-state index contributed by atoms with van der Waals surface area (Å²) in [6.45, 7) is 0.353. The highest BCUT2D eigenvalue weighted by Gasteiger charge is 2.27. The lowest BCUT2D eigenvalue weighted by molar-refractivity contribution is -0.111. The Labute approximate surface area is 173 Å². The number of fused-ring (bicyclic) bond motifs is 1. The molecule has 0 radical (unpaired) electrons. The number of ether oxygens (including phenoxy) is 1. The average molecular weight is 410 g/mol. The minimum atomic E-state index is -0.354. The zero-order chi connectivity index (χ0) is 20.8. The molecule has 1 N–H and O–H groups in total. The summed E-state index contributed by atoms with van der Waals surface area (Å²) in [7, 11) is 3.30. The van der Waals surface area contributed by atoms with Gasteiger partial charge in [0, 0.05) is 37.4 Å². The molecule has 2 aromatic heterocycles. The van der Waals surface area contributed by atoms with Gasteiger partial charge in [-0.25, -0.2) is 4.79 Å². The maximum absolute atomic E-state index is 12.3. The van der Waals surface area contributed by atoms with Crippen molar-refractivity contribution in [2.75, 3.05) is 26.0 Å². The first kappa shape index (κ1) is 20.6. The van der Waals surface area contributed by atoms with Crippen molar-refractivity contribution in [2.45, 2.75) is 19.3 Å². The lowest BCUT2D eigenvalue weighted by Gasteiger charge is -2.22. The molecular formula is C21H22N4O3S. The van der Waals surface area contributed by atoms with E-state index in [0.29, 0.717) is 17.2 Å². The van der Waals surface area contributed by atoms with E-state index in [-0.39, 0.29) is 17.9 Å². The van der Waals surface area contributed by atoms with Crippen LogP contribution in [0.15, 0.2) is 30.6 Å². The van der Waals surface area contributed by atoms with Crippen molar-refractivity contribution in [2.24, 2.45) is 5.92 Å². The van der Waals surface area contributed by atoms with E-state index in [2.05, 4.69) is 16.4 Å². The smallest absolute Gasteiger partial charge is 0.409 e. The summed E-state index contributed by atoms with van der Waals surface area (Å²) in [4.78, 5) is 30.4. The van der Waals surface area contributed by atoms with Crippen LogP contribution >= 0.6 is 11.3 Å². The minimum absolute atomic E-state index is 0.214. The van der Waals surface area contributed by atoms with Crippen LogP contribution in [0.4, 0.5) is 9.80 Å². The van der Waals surface area contributed by atoms with Gasteiger partial charge in [0.15, 0.2) is 0 Å². The fourth-order valence-electron chi connectivity index (χ4n) is 3.12. The molecule has 0 fully saturated rings. The van der Waals surface area contributed by atoms with Gasteiger partial charge in [0.05, 0.1) is 12.2 Å². The van der Waals surface area contributed by atoms with E-state index in [1.807, 2.05) is 6.07 Å². The molecule has 1 atom stereocenters. The molecule has 0 saturated heterocycles.